The molecule has 0 saturated heterocycles. The summed E-state index contributed by atoms with van der Waals surface area (Å²) in [5.74, 6) is -4.45. The zero-order valence-corrected chi connectivity index (χ0v) is 12.0. The fraction of sp³-hybridized carbons (Fsp3) is 0.400. The van der Waals surface area contributed by atoms with Crippen molar-refractivity contribution < 1.29 is 48.4 Å². The van der Waals surface area contributed by atoms with Gasteiger partial charge >= 0.3 is 36.3 Å². The number of rotatable bonds is 8. The molecule has 0 aromatic carbocycles. The molecule has 0 aromatic rings. The van der Waals surface area contributed by atoms with Crippen molar-refractivity contribution in [3.8, 4) is 0 Å². The normalized spacial score (nSPS) is 11.1. The maximum Gasteiger partial charge on any atom is 0.413 e. The van der Waals surface area contributed by atoms with E-state index in [4.69, 9.17) is 32.7 Å². The van der Waals surface area contributed by atoms with Gasteiger partial charge in [0.25, 0.3) is 0 Å². The summed E-state index contributed by atoms with van der Waals surface area (Å²) in [6.07, 6.45) is 0.989. The molecule has 0 spiro atoms. The average Bonchev–Trinajstić information content (AvgIpc) is 2.51. The van der Waals surface area contributed by atoms with Crippen LogP contribution in [0.15, 0.2) is 0 Å². The fourth-order valence-electron chi connectivity index (χ4n) is 0.655. The highest BCUT2D eigenvalue weighted by molar-refractivity contribution is 6.20. The molecule has 0 fully saturated rings. The molecule has 0 amide bonds. The molecular formula is C10H14N6O8. The molecule has 0 saturated carbocycles. The van der Waals surface area contributed by atoms with Crippen LogP contribution in [0.1, 0.15) is 0 Å². The van der Waals surface area contributed by atoms with Crippen molar-refractivity contribution >= 4 is 36.3 Å². The number of nitrogens with two attached hydrogens (primary N) is 2. The molecule has 1 unspecified atom stereocenters. The predicted octanol–water partition coefficient (Wildman–Crippen LogP) is -3.52. The Labute approximate surface area is 133 Å². The summed E-state index contributed by atoms with van der Waals surface area (Å²) in [6.45, 7) is -0.916. The Balaban J connectivity index is 0. The first-order chi connectivity index (χ1) is 11.1. The van der Waals surface area contributed by atoms with Crippen molar-refractivity contribution in [2.24, 2.45) is 11.5 Å². The second kappa shape index (κ2) is 13.2. The van der Waals surface area contributed by atoms with Crippen LogP contribution in [0.25, 0.3) is 11.1 Å². The summed E-state index contributed by atoms with van der Waals surface area (Å²) >= 11 is 0. The van der Waals surface area contributed by atoms with E-state index in [1.165, 1.54) is 0 Å². The second-order valence-electron chi connectivity index (χ2n) is 3.64. The lowest BCUT2D eigenvalue weighted by Gasteiger charge is -2.03. The number of aliphatic carboxylic acids is 2. The van der Waals surface area contributed by atoms with Crippen LogP contribution in [0.5, 0.6) is 0 Å². The van der Waals surface area contributed by atoms with Crippen molar-refractivity contribution in [2.75, 3.05) is 13.2 Å². The molecule has 0 aliphatic heterocycles. The first kappa shape index (κ1) is 22.8. The molecule has 6 N–H and O–H groups in total. The third kappa shape index (κ3) is 13.5. The molecule has 0 bridgehead atoms. The van der Waals surface area contributed by atoms with Crippen LogP contribution in [0, 0.1) is 0 Å². The summed E-state index contributed by atoms with van der Waals surface area (Å²) in [7, 11) is 0. The monoisotopic (exact) mass is 346 g/mol. The molecule has 132 valence electrons. The Kier molecular flexibility index (Phi) is 12.6. The molecule has 0 aliphatic carbocycles. The van der Waals surface area contributed by atoms with Gasteiger partial charge in [0, 0.05) is 0 Å². The maximum absolute atomic E-state index is 10.4. The number of esters is 2. The van der Waals surface area contributed by atoms with Crippen LogP contribution in [-0.4, -0.2) is 81.4 Å². The minimum atomic E-state index is -1.27. The third-order valence-corrected chi connectivity index (χ3v) is 1.77. The van der Waals surface area contributed by atoms with E-state index in [0.717, 1.165) is 0 Å². The van der Waals surface area contributed by atoms with Crippen LogP contribution < -0.4 is 11.5 Å². The van der Waals surface area contributed by atoms with E-state index < -0.39 is 49.2 Å². The fourth-order valence-corrected chi connectivity index (χ4v) is 0.655. The molecule has 0 aliphatic rings. The number of hydrogen-bond donors (Lipinski definition) is 4. The quantitative estimate of drug-likeness (QED) is 0.146. The number of carboxylic acid groups (broad SMARTS) is 2. The van der Waals surface area contributed by atoms with Gasteiger partial charge in [0.1, 0.15) is 25.3 Å². The number of carbonyl (C=O) groups is 4. The number of nitrogens with zero attached hydrogens (tertiary/aromatic N) is 4. The first-order valence-corrected chi connectivity index (χ1v) is 5.80. The lowest BCUT2D eigenvalue weighted by Crippen LogP contribution is -2.35. The van der Waals surface area contributed by atoms with Crippen molar-refractivity contribution in [3.05, 3.63) is 11.1 Å². The van der Waals surface area contributed by atoms with Crippen LogP contribution in [0.2, 0.25) is 0 Å². The number of ether oxygens (including phenoxy) is 2. The Morgan fingerprint density at radius 1 is 0.875 bits per heavy atom. The zero-order chi connectivity index (χ0) is 19.1. The highest BCUT2D eigenvalue weighted by atomic mass is 16.5. The van der Waals surface area contributed by atoms with Crippen LogP contribution in [0.3, 0.4) is 0 Å². The lowest BCUT2D eigenvalue weighted by atomic mass is 10.3. The van der Waals surface area contributed by atoms with Gasteiger partial charge in [0.15, 0.2) is 0 Å². The molecular weight excluding hydrogens is 332 g/mol. The Hall–Kier alpha value is -3.44. The molecule has 0 rings (SSSR count). The minimum absolute atomic E-state index is 0.458. The van der Waals surface area contributed by atoms with E-state index in [0.29, 0.717) is 12.4 Å². The molecule has 2 atom stereocenters. The van der Waals surface area contributed by atoms with Crippen molar-refractivity contribution in [1.82, 2.24) is 0 Å². The first-order valence-electron chi connectivity index (χ1n) is 5.80. The number of carboxylic acids is 2. The van der Waals surface area contributed by atoms with Crippen molar-refractivity contribution in [2.45, 2.75) is 12.1 Å². The Morgan fingerprint density at radius 3 is 1.38 bits per heavy atom. The zero-order valence-electron chi connectivity index (χ0n) is 12.0. The average molecular weight is 346 g/mol. The van der Waals surface area contributed by atoms with Gasteiger partial charge in [0.2, 0.25) is 0 Å². The largest absolute Gasteiger partial charge is 0.480 e. The smallest absolute Gasteiger partial charge is 0.413 e. The Morgan fingerprint density at radius 2 is 1.17 bits per heavy atom. The number of hydrogen-bond acceptors (Lipinski definition) is 8. The van der Waals surface area contributed by atoms with E-state index in [2.05, 4.69) is 19.1 Å². The van der Waals surface area contributed by atoms with Crippen LogP contribution >= 0.6 is 0 Å². The highest BCUT2D eigenvalue weighted by Crippen LogP contribution is 1.82. The van der Waals surface area contributed by atoms with Gasteiger partial charge in [-0.15, -0.1) is 0 Å². The third-order valence-electron chi connectivity index (χ3n) is 1.77. The molecule has 0 aromatic heterocycles. The van der Waals surface area contributed by atoms with Crippen molar-refractivity contribution in [3.63, 3.8) is 0 Å². The topological polar surface area (TPSA) is 252 Å². The molecule has 14 heteroatoms. The molecule has 0 heterocycles. The van der Waals surface area contributed by atoms with Crippen LogP contribution in [-0.2, 0) is 28.7 Å². The molecule has 24 heavy (non-hydrogen) atoms. The summed E-state index contributed by atoms with van der Waals surface area (Å²) in [5, 5.41) is 16.5. The molecule has 0 radical (unpaired) electrons. The molecule has 14 nitrogen and oxygen atoms in total. The van der Waals surface area contributed by atoms with Gasteiger partial charge in [-0.2, -0.15) is 9.58 Å². The maximum atomic E-state index is 10.4. The van der Waals surface area contributed by atoms with Gasteiger partial charge in [0.05, 0.1) is 0 Å². The summed E-state index contributed by atoms with van der Waals surface area (Å²) in [4.78, 5) is 45.7. The Bertz CT molecular complexity index is 516. The number of carbonyl (C=O) groups excluding carboxylic acids is 2. The van der Waals surface area contributed by atoms with Gasteiger partial charge in [-0.25, -0.2) is 9.59 Å². The van der Waals surface area contributed by atoms with Crippen LogP contribution in [0.4, 0.5) is 0 Å². The summed E-state index contributed by atoms with van der Waals surface area (Å²) in [6, 6.07) is -2.53. The predicted molar refractivity (Wildman–Crippen MR) is 72.5 cm³/mol. The van der Waals surface area contributed by atoms with Gasteiger partial charge in [-0.05, 0) is 0 Å². The van der Waals surface area contributed by atoms with E-state index in [-0.39, 0.29) is 0 Å². The van der Waals surface area contributed by atoms with Crippen molar-refractivity contribution in [1.29, 1.82) is 0 Å². The second-order valence-corrected chi connectivity index (χ2v) is 3.64. The van der Waals surface area contributed by atoms with Gasteiger partial charge < -0.3 is 42.2 Å². The standard InChI is InChI=1S/2C5H7N3O4/c2*6-3(5(10)11)2-12-4(9)1-8-7/h2*1,3H,2,6H2,(H,10,11)/t3-;/m0./s1. The summed E-state index contributed by atoms with van der Waals surface area (Å²) in [5.41, 5.74) is 25.6. The van der Waals surface area contributed by atoms with Gasteiger partial charge in [-0.3, -0.25) is 9.59 Å². The SMILES string of the molecule is [N-]=[N+]=CC(=O)OCC(N)C(=O)O.[N-]=[N+]=CC(=O)OC[C@H](N)C(=O)O. The summed E-state index contributed by atoms with van der Waals surface area (Å²) < 4.78 is 8.50. The van der Waals surface area contributed by atoms with Gasteiger partial charge in [-0.1, -0.05) is 0 Å². The van der Waals surface area contributed by atoms with E-state index >= 15 is 0 Å². The van der Waals surface area contributed by atoms with E-state index in [9.17, 15) is 19.2 Å². The minimum Gasteiger partial charge on any atom is -0.480 e. The van der Waals surface area contributed by atoms with E-state index in [1.54, 1.807) is 0 Å². The highest BCUT2D eigenvalue weighted by Gasteiger charge is 2.15. The van der Waals surface area contributed by atoms with E-state index in [1.807, 2.05) is 0 Å². The lowest BCUT2D eigenvalue weighted by molar-refractivity contribution is -0.146.